The van der Waals surface area contributed by atoms with E-state index in [0.29, 0.717) is 0 Å². The van der Waals surface area contributed by atoms with Gasteiger partial charge in [-0.1, -0.05) is 0 Å². The second kappa shape index (κ2) is 8.42. The Kier molecular flexibility index (Phi) is 5.78. The third-order valence-corrected chi connectivity index (χ3v) is 5.28. The third-order valence-electron chi connectivity index (χ3n) is 5.28. The first-order valence-corrected chi connectivity index (χ1v) is 9.65. The molecular formula is C21H20O12. The summed E-state index contributed by atoms with van der Waals surface area (Å²) in [5.41, 5.74) is -1.17. The maximum absolute atomic E-state index is 12.8. The second-order valence-corrected chi connectivity index (χ2v) is 7.42. The van der Waals surface area contributed by atoms with Crippen LogP contribution in [0.15, 0.2) is 39.5 Å². The van der Waals surface area contributed by atoms with E-state index in [1.54, 1.807) is 0 Å². The van der Waals surface area contributed by atoms with E-state index in [9.17, 15) is 45.6 Å². The van der Waals surface area contributed by atoms with Gasteiger partial charge in [-0.05, 0) is 24.3 Å². The SMILES string of the molecule is O=c1c(O)c(-c2ccc(O)cc2)oc2cc(O)c(O[C@@H]3O[C@H](CO)[C@@H](O)[C@H](O)[C@@H]3O)c(O)c12. The van der Waals surface area contributed by atoms with Crippen molar-refractivity contribution in [2.24, 2.45) is 0 Å². The fraction of sp³-hybridized carbons (Fsp3) is 0.286. The monoisotopic (exact) mass is 464 g/mol. The van der Waals surface area contributed by atoms with Gasteiger partial charge in [0.2, 0.25) is 23.2 Å². The van der Waals surface area contributed by atoms with Crippen molar-refractivity contribution in [3.05, 3.63) is 40.6 Å². The summed E-state index contributed by atoms with van der Waals surface area (Å²) < 4.78 is 15.9. The lowest BCUT2D eigenvalue weighted by Gasteiger charge is -2.39. The van der Waals surface area contributed by atoms with Crippen LogP contribution in [0.25, 0.3) is 22.3 Å². The molecule has 5 atom stereocenters. The zero-order valence-electron chi connectivity index (χ0n) is 16.7. The molecule has 0 amide bonds. The van der Waals surface area contributed by atoms with E-state index >= 15 is 0 Å². The van der Waals surface area contributed by atoms with Crippen molar-refractivity contribution in [3.63, 3.8) is 0 Å². The first-order valence-electron chi connectivity index (χ1n) is 9.65. The van der Waals surface area contributed by atoms with Gasteiger partial charge in [0.15, 0.2) is 17.3 Å². The van der Waals surface area contributed by atoms with Crippen LogP contribution in [0.3, 0.4) is 0 Å². The molecule has 2 heterocycles. The molecule has 0 radical (unpaired) electrons. The molecule has 1 aliphatic rings. The number of phenolic OH excluding ortho intramolecular Hbond substituents is 3. The third kappa shape index (κ3) is 3.79. The number of aliphatic hydroxyl groups is 4. The Morgan fingerprint density at radius 1 is 0.909 bits per heavy atom. The van der Waals surface area contributed by atoms with Gasteiger partial charge >= 0.3 is 0 Å². The Hall–Kier alpha value is -3.55. The lowest BCUT2D eigenvalue weighted by atomic mass is 9.99. The minimum absolute atomic E-state index is 0.0633. The summed E-state index contributed by atoms with van der Waals surface area (Å²) in [4.78, 5) is 12.8. The van der Waals surface area contributed by atoms with Gasteiger partial charge in [-0.25, -0.2) is 0 Å². The van der Waals surface area contributed by atoms with E-state index in [2.05, 4.69) is 0 Å². The molecule has 1 fully saturated rings. The van der Waals surface area contributed by atoms with Gasteiger partial charge in [0.1, 0.15) is 41.1 Å². The van der Waals surface area contributed by atoms with Crippen molar-refractivity contribution >= 4 is 11.0 Å². The molecular weight excluding hydrogens is 444 g/mol. The second-order valence-electron chi connectivity index (χ2n) is 7.42. The van der Waals surface area contributed by atoms with E-state index in [0.717, 1.165) is 6.07 Å². The van der Waals surface area contributed by atoms with E-state index in [1.165, 1.54) is 24.3 Å². The Labute approximate surface area is 184 Å². The fourth-order valence-corrected chi connectivity index (χ4v) is 3.50. The minimum atomic E-state index is -1.85. The summed E-state index contributed by atoms with van der Waals surface area (Å²) in [5.74, 6) is -3.66. The molecule has 4 rings (SSSR count). The summed E-state index contributed by atoms with van der Waals surface area (Å²) in [6.07, 6.45) is -8.37. The Morgan fingerprint density at radius 2 is 1.58 bits per heavy atom. The van der Waals surface area contributed by atoms with Gasteiger partial charge < -0.3 is 54.7 Å². The van der Waals surface area contributed by atoms with Crippen LogP contribution in [0.2, 0.25) is 0 Å². The number of aliphatic hydroxyl groups excluding tert-OH is 4. The van der Waals surface area contributed by atoms with E-state index in [4.69, 9.17) is 13.9 Å². The number of aromatic hydroxyl groups is 4. The van der Waals surface area contributed by atoms with Gasteiger partial charge in [-0.2, -0.15) is 0 Å². The van der Waals surface area contributed by atoms with Crippen LogP contribution in [0.5, 0.6) is 28.7 Å². The number of hydrogen-bond acceptors (Lipinski definition) is 12. The van der Waals surface area contributed by atoms with Crippen molar-refractivity contribution in [2.45, 2.75) is 30.7 Å². The molecule has 1 aliphatic heterocycles. The van der Waals surface area contributed by atoms with Gasteiger partial charge in [-0.3, -0.25) is 4.79 Å². The maximum atomic E-state index is 12.8. The van der Waals surface area contributed by atoms with Gasteiger partial charge in [0.05, 0.1) is 6.61 Å². The normalized spacial score (nSPS) is 25.3. The summed E-state index contributed by atoms with van der Waals surface area (Å²) in [6, 6.07) is 6.25. The molecule has 2 aromatic carbocycles. The summed E-state index contributed by atoms with van der Waals surface area (Å²) in [6.45, 7) is -0.738. The molecule has 12 heteroatoms. The largest absolute Gasteiger partial charge is 0.508 e. The molecule has 33 heavy (non-hydrogen) atoms. The Bertz CT molecular complexity index is 1230. The molecule has 1 aromatic heterocycles. The zero-order valence-corrected chi connectivity index (χ0v) is 16.7. The quantitative estimate of drug-likeness (QED) is 0.245. The van der Waals surface area contributed by atoms with Crippen LogP contribution in [-0.2, 0) is 4.74 Å². The first-order chi connectivity index (χ1) is 15.6. The van der Waals surface area contributed by atoms with Crippen LogP contribution < -0.4 is 10.2 Å². The molecule has 0 spiro atoms. The molecule has 0 bridgehead atoms. The van der Waals surface area contributed by atoms with Crippen LogP contribution in [0.1, 0.15) is 0 Å². The van der Waals surface area contributed by atoms with E-state index in [1.807, 2.05) is 0 Å². The highest BCUT2D eigenvalue weighted by Gasteiger charge is 2.45. The van der Waals surface area contributed by atoms with E-state index < -0.39 is 71.1 Å². The van der Waals surface area contributed by atoms with Gasteiger partial charge in [-0.15, -0.1) is 0 Å². The molecule has 1 saturated heterocycles. The summed E-state index contributed by atoms with van der Waals surface area (Å²) in [7, 11) is 0. The van der Waals surface area contributed by atoms with Crippen LogP contribution >= 0.6 is 0 Å². The van der Waals surface area contributed by atoms with E-state index in [-0.39, 0.29) is 22.7 Å². The summed E-state index contributed by atoms with van der Waals surface area (Å²) >= 11 is 0. The Morgan fingerprint density at radius 3 is 2.21 bits per heavy atom. The van der Waals surface area contributed by atoms with Crippen molar-refractivity contribution in [2.75, 3.05) is 6.61 Å². The van der Waals surface area contributed by atoms with Crippen molar-refractivity contribution in [1.29, 1.82) is 0 Å². The molecule has 12 nitrogen and oxygen atoms in total. The number of hydrogen-bond donors (Lipinski definition) is 8. The molecule has 8 N–H and O–H groups in total. The molecule has 0 saturated carbocycles. The first kappa shape index (κ1) is 22.6. The standard InChI is InChI=1S/C21H20O12/c22-6-11-13(25)16(28)18(30)21(32-11)33-20-9(24)5-10-12(15(20)27)14(26)17(29)19(31-10)7-1-3-8(23)4-2-7/h1-5,11,13,16,18,21-25,27-30H,6H2/t11-,13-,16+,18+,21+/m1/s1. The average molecular weight is 464 g/mol. The zero-order chi connectivity index (χ0) is 24.0. The van der Waals surface area contributed by atoms with Gasteiger partial charge in [0.25, 0.3) is 0 Å². The predicted molar refractivity (Wildman–Crippen MR) is 109 cm³/mol. The van der Waals surface area contributed by atoms with Crippen molar-refractivity contribution < 1.29 is 54.7 Å². The van der Waals surface area contributed by atoms with Crippen LogP contribution in [-0.4, -0.2) is 78.2 Å². The number of benzene rings is 2. The topological polar surface area (TPSA) is 211 Å². The highest BCUT2D eigenvalue weighted by atomic mass is 16.7. The average Bonchev–Trinajstić information content (AvgIpc) is 2.79. The number of phenols is 3. The predicted octanol–water partition coefficient (Wildman–Crippen LogP) is -0.539. The van der Waals surface area contributed by atoms with Crippen molar-refractivity contribution in [3.8, 4) is 40.1 Å². The highest BCUT2D eigenvalue weighted by molar-refractivity contribution is 5.91. The lowest BCUT2D eigenvalue weighted by Crippen LogP contribution is -2.60. The number of rotatable bonds is 4. The fourth-order valence-electron chi connectivity index (χ4n) is 3.50. The maximum Gasteiger partial charge on any atom is 0.238 e. The van der Waals surface area contributed by atoms with Crippen LogP contribution in [0.4, 0.5) is 0 Å². The number of ether oxygens (including phenoxy) is 2. The molecule has 176 valence electrons. The Balaban J connectivity index is 1.79. The van der Waals surface area contributed by atoms with Crippen molar-refractivity contribution in [1.82, 2.24) is 0 Å². The smallest absolute Gasteiger partial charge is 0.238 e. The molecule has 0 aliphatic carbocycles. The molecule has 3 aromatic rings. The minimum Gasteiger partial charge on any atom is -0.508 e. The summed E-state index contributed by atoms with van der Waals surface area (Å²) in [5, 5.41) is 79.3. The number of fused-ring (bicyclic) bond motifs is 1. The van der Waals surface area contributed by atoms with Gasteiger partial charge in [0, 0.05) is 11.6 Å². The lowest BCUT2D eigenvalue weighted by molar-refractivity contribution is -0.277. The highest BCUT2D eigenvalue weighted by Crippen LogP contribution is 2.44. The molecule has 0 unspecified atom stereocenters. The van der Waals surface area contributed by atoms with Crippen LogP contribution in [0, 0.1) is 0 Å².